The first-order valence-electron chi connectivity index (χ1n) is 9.21. The summed E-state index contributed by atoms with van der Waals surface area (Å²) in [5.74, 6) is -1.18. The van der Waals surface area contributed by atoms with Crippen LogP contribution >= 0.6 is 11.6 Å². The van der Waals surface area contributed by atoms with Crippen LogP contribution in [0.3, 0.4) is 0 Å². The Morgan fingerprint density at radius 3 is 2.67 bits per heavy atom. The molecule has 2 aliphatic heterocycles. The second kappa shape index (κ2) is 7.47. The van der Waals surface area contributed by atoms with E-state index in [1.54, 1.807) is 6.07 Å². The van der Waals surface area contributed by atoms with E-state index in [0.717, 1.165) is 18.2 Å². The number of hydrogen-bond acceptors (Lipinski definition) is 4. The maximum absolute atomic E-state index is 13.6. The lowest BCUT2D eigenvalue weighted by Gasteiger charge is -2.35. The van der Waals surface area contributed by atoms with Crippen LogP contribution in [0.25, 0.3) is 0 Å². The zero-order valence-corrected chi connectivity index (χ0v) is 16.2. The van der Waals surface area contributed by atoms with E-state index in [2.05, 4.69) is 10.3 Å². The fraction of sp³-hybridized carbons (Fsp3) is 0.400. The summed E-state index contributed by atoms with van der Waals surface area (Å²) in [6, 6.07) is 5.74. The predicted molar refractivity (Wildman–Crippen MR) is 99.3 cm³/mol. The van der Waals surface area contributed by atoms with Crippen molar-refractivity contribution in [3.05, 3.63) is 58.6 Å². The molecule has 10 heteroatoms. The number of halogens is 5. The smallest absolute Gasteiger partial charge is 0.390 e. The largest absolute Gasteiger partial charge is 0.417 e. The molecule has 2 saturated heterocycles. The maximum atomic E-state index is 13.6. The fourth-order valence-corrected chi connectivity index (χ4v) is 4.55. The van der Waals surface area contributed by atoms with E-state index < -0.39 is 52.3 Å². The molecule has 0 radical (unpaired) electrons. The van der Waals surface area contributed by atoms with Crippen molar-refractivity contribution in [2.24, 2.45) is 5.41 Å². The highest BCUT2D eigenvalue weighted by molar-refractivity contribution is 6.31. The lowest BCUT2D eigenvalue weighted by atomic mass is 9.68. The number of ether oxygens (including phenoxy) is 1. The van der Waals surface area contributed by atoms with E-state index in [4.69, 9.17) is 16.3 Å². The highest BCUT2D eigenvalue weighted by atomic mass is 35.5. The molecule has 1 aromatic heterocycles. The monoisotopic (exact) mass is 444 g/mol. The first kappa shape index (κ1) is 21.0. The van der Waals surface area contributed by atoms with Crippen molar-refractivity contribution in [1.29, 1.82) is 0 Å². The van der Waals surface area contributed by atoms with E-state index in [-0.39, 0.29) is 24.9 Å². The Morgan fingerprint density at radius 2 is 2.10 bits per heavy atom. The van der Waals surface area contributed by atoms with Gasteiger partial charge in [0.1, 0.15) is 0 Å². The Kier molecular flexibility index (Phi) is 5.24. The van der Waals surface area contributed by atoms with E-state index in [9.17, 15) is 27.5 Å². The van der Waals surface area contributed by atoms with Crippen LogP contribution in [0, 0.1) is 11.4 Å². The minimum absolute atomic E-state index is 0.0987. The minimum Gasteiger partial charge on any atom is -0.390 e. The Bertz CT molecular complexity index is 985. The Morgan fingerprint density at radius 1 is 1.33 bits per heavy atom. The molecule has 2 aliphatic rings. The summed E-state index contributed by atoms with van der Waals surface area (Å²) in [6.07, 6.45) is -4.62. The van der Waals surface area contributed by atoms with Gasteiger partial charge in [0.05, 0.1) is 34.3 Å². The van der Waals surface area contributed by atoms with Crippen LogP contribution in [-0.4, -0.2) is 34.3 Å². The van der Waals surface area contributed by atoms with Gasteiger partial charge in [-0.2, -0.15) is 17.6 Å². The second-order valence-corrected chi connectivity index (χ2v) is 8.04. The molecule has 0 spiro atoms. The van der Waals surface area contributed by atoms with E-state index in [1.165, 1.54) is 12.3 Å². The number of carbonyl (C=O) groups is 1. The fourth-order valence-electron chi connectivity index (χ4n) is 4.26. The third-order valence-corrected chi connectivity index (χ3v) is 6.01. The zero-order valence-electron chi connectivity index (χ0n) is 15.4. The maximum Gasteiger partial charge on any atom is 0.417 e. The molecule has 2 aromatic rings. The highest BCUT2D eigenvalue weighted by Gasteiger charge is 2.60. The molecule has 4 rings (SSSR count). The molecule has 160 valence electrons. The van der Waals surface area contributed by atoms with Gasteiger partial charge in [-0.3, -0.25) is 4.79 Å². The quantitative estimate of drug-likeness (QED) is 0.552. The number of hydrogen-bond donors (Lipinski definition) is 2. The molecule has 1 amide bonds. The third kappa shape index (κ3) is 3.77. The molecular formula is C20H17ClF4N2O3. The molecule has 2 N–H and O–H groups in total. The number of aliphatic hydroxyl groups is 1. The van der Waals surface area contributed by atoms with Crippen LogP contribution in [0.2, 0.25) is 5.02 Å². The van der Waals surface area contributed by atoms with Gasteiger partial charge >= 0.3 is 6.18 Å². The van der Waals surface area contributed by atoms with Crippen molar-refractivity contribution < 1.29 is 32.2 Å². The number of pyridine rings is 1. The van der Waals surface area contributed by atoms with Crippen molar-refractivity contribution >= 4 is 23.2 Å². The van der Waals surface area contributed by atoms with E-state index in [0.29, 0.717) is 5.56 Å². The molecule has 1 aromatic carbocycles. The summed E-state index contributed by atoms with van der Waals surface area (Å²) >= 11 is 5.74. The normalized spacial score (nSPS) is 28.0. The van der Waals surface area contributed by atoms with Gasteiger partial charge in [0.25, 0.3) is 0 Å². The number of anilines is 1. The molecule has 4 atom stereocenters. The summed E-state index contributed by atoms with van der Waals surface area (Å²) in [4.78, 5) is 16.8. The van der Waals surface area contributed by atoms with Crippen molar-refractivity contribution in [3.63, 3.8) is 0 Å². The summed E-state index contributed by atoms with van der Waals surface area (Å²) in [5, 5.41) is 12.1. The van der Waals surface area contributed by atoms with Gasteiger partial charge in [-0.25, -0.2) is 4.98 Å². The highest BCUT2D eigenvalue weighted by Crippen LogP contribution is 2.50. The average molecular weight is 445 g/mol. The first-order valence-corrected chi connectivity index (χ1v) is 9.58. The number of alkyl halides is 3. The van der Waals surface area contributed by atoms with Gasteiger partial charge in [-0.15, -0.1) is 0 Å². The summed E-state index contributed by atoms with van der Waals surface area (Å²) in [7, 11) is 0. The Balaban J connectivity index is 1.62. The number of amides is 1. The number of benzene rings is 1. The van der Waals surface area contributed by atoms with E-state index >= 15 is 0 Å². The molecule has 0 aliphatic carbocycles. The van der Waals surface area contributed by atoms with Crippen molar-refractivity contribution in [3.8, 4) is 0 Å². The number of carbonyl (C=O) groups excluding carboxylic acids is 1. The van der Waals surface area contributed by atoms with Crippen LogP contribution in [0.15, 0.2) is 36.5 Å². The number of nitrogens with one attached hydrogen (secondary N) is 1. The molecular weight excluding hydrogens is 428 g/mol. The Labute approximate surface area is 174 Å². The Hall–Kier alpha value is -2.23. The molecule has 0 saturated carbocycles. The van der Waals surface area contributed by atoms with E-state index in [1.807, 2.05) is 0 Å². The summed E-state index contributed by atoms with van der Waals surface area (Å²) in [6.45, 7) is 0. The van der Waals surface area contributed by atoms with Crippen LogP contribution in [0.5, 0.6) is 0 Å². The standard InChI is InChI=1S/C20H17ClF4N2O3/c21-13-6-11(1-2-12(13)20(23,24)25)27-18(29)19(8-10-3-4-26-17(22)5-10)9-15-14(28)7-16(19)30-15/h1-6,14-16,28H,7-9H2,(H,27,29)/t14-,15+,16+,19-/m0/s1. The van der Waals surface area contributed by atoms with Crippen LogP contribution < -0.4 is 5.32 Å². The van der Waals surface area contributed by atoms with Crippen LogP contribution in [0.1, 0.15) is 24.0 Å². The van der Waals surface area contributed by atoms with Crippen molar-refractivity contribution in [1.82, 2.24) is 4.98 Å². The van der Waals surface area contributed by atoms with Gasteiger partial charge < -0.3 is 15.2 Å². The molecule has 5 nitrogen and oxygen atoms in total. The average Bonchev–Trinajstić information content (AvgIpc) is 3.18. The molecule has 2 bridgehead atoms. The summed E-state index contributed by atoms with van der Waals surface area (Å²) < 4.78 is 58.1. The zero-order chi connectivity index (χ0) is 21.7. The van der Waals surface area contributed by atoms with Gasteiger partial charge in [0.15, 0.2) is 0 Å². The number of rotatable bonds is 4. The topological polar surface area (TPSA) is 71.5 Å². The lowest BCUT2D eigenvalue weighted by molar-refractivity contribution is -0.137. The van der Waals surface area contributed by atoms with Gasteiger partial charge in [0.2, 0.25) is 11.9 Å². The molecule has 2 fully saturated rings. The van der Waals surface area contributed by atoms with Gasteiger partial charge in [-0.1, -0.05) is 11.6 Å². The van der Waals surface area contributed by atoms with Crippen LogP contribution in [0.4, 0.5) is 23.2 Å². The third-order valence-electron chi connectivity index (χ3n) is 5.70. The number of nitrogens with zero attached hydrogens (tertiary/aromatic N) is 1. The molecule has 30 heavy (non-hydrogen) atoms. The number of aliphatic hydroxyl groups excluding tert-OH is 1. The van der Waals surface area contributed by atoms with Gasteiger partial charge in [-0.05, 0) is 48.7 Å². The van der Waals surface area contributed by atoms with Crippen LogP contribution in [-0.2, 0) is 22.1 Å². The first-order chi connectivity index (χ1) is 14.1. The number of fused-ring (bicyclic) bond motifs is 2. The molecule has 0 unspecified atom stereocenters. The van der Waals surface area contributed by atoms with Gasteiger partial charge in [0, 0.05) is 18.3 Å². The SMILES string of the molecule is O=C(Nc1ccc(C(F)(F)F)c(Cl)c1)[C@@]1(Cc2ccnc(F)c2)C[C@H]2O[C@@H]1C[C@@H]2O. The lowest BCUT2D eigenvalue weighted by Crippen LogP contribution is -2.48. The number of aromatic nitrogens is 1. The predicted octanol–water partition coefficient (Wildman–Crippen LogP) is 3.98. The second-order valence-electron chi connectivity index (χ2n) is 7.64. The van der Waals surface area contributed by atoms with Crippen molar-refractivity contribution in [2.75, 3.05) is 5.32 Å². The summed E-state index contributed by atoms with van der Waals surface area (Å²) in [5.41, 5.74) is -1.50. The minimum atomic E-state index is -4.61. The molecule has 3 heterocycles. The van der Waals surface area contributed by atoms with Crippen molar-refractivity contribution in [2.45, 2.75) is 43.8 Å².